The molecule has 0 aliphatic carbocycles. The third-order valence-electron chi connectivity index (χ3n) is 6.81. The topological polar surface area (TPSA) is 7.12 Å². The number of halogens is 1. The molecule has 0 saturated carbocycles. The highest BCUT2D eigenvalue weighted by molar-refractivity contribution is 8.03. The summed E-state index contributed by atoms with van der Waals surface area (Å²) in [5.74, 6) is 0. The van der Waals surface area contributed by atoms with E-state index in [9.17, 15) is 0 Å². The molecule has 2 aliphatic heterocycles. The predicted molar refractivity (Wildman–Crippen MR) is 132 cm³/mol. The highest BCUT2D eigenvalue weighted by atomic mass is 35.5. The van der Waals surface area contributed by atoms with Crippen molar-refractivity contribution in [3.8, 4) is 0 Å². The summed E-state index contributed by atoms with van der Waals surface area (Å²) < 4.78 is 3.61. The Hall–Kier alpha value is -2.01. The lowest BCUT2D eigenvalue weighted by Crippen LogP contribution is -2.44. The predicted octanol–water partition coefficient (Wildman–Crippen LogP) is 5.95. The van der Waals surface area contributed by atoms with Gasteiger partial charge in [-0.3, -0.25) is 0 Å². The minimum atomic E-state index is 0.796. The summed E-state index contributed by atoms with van der Waals surface area (Å²) in [6.07, 6.45) is 8.49. The van der Waals surface area contributed by atoms with E-state index in [4.69, 9.17) is 11.6 Å². The van der Waals surface area contributed by atoms with Crippen LogP contribution in [0.25, 0.3) is 17.0 Å². The number of hydrogen-bond acceptors (Lipinski definition) is 2. The fourth-order valence-electron chi connectivity index (χ4n) is 4.97. The van der Waals surface area contributed by atoms with Crippen molar-refractivity contribution >= 4 is 46.0 Å². The normalized spacial score (nSPS) is 18.8. The zero-order valence-corrected chi connectivity index (χ0v) is 19.9. The Balaban J connectivity index is 1.44. The Kier molecular flexibility index (Phi) is 5.72. The van der Waals surface area contributed by atoms with Gasteiger partial charge in [0.15, 0.2) is 12.7 Å². The first-order valence-electron chi connectivity index (χ1n) is 11.2. The third kappa shape index (κ3) is 4.21. The van der Waals surface area contributed by atoms with Crippen molar-refractivity contribution in [2.45, 2.75) is 30.7 Å². The number of fused-ring (bicyclic) bond motifs is 2. The number of likely N-dealkylation sites (tertiary alicyclic amines) is 1. The van der Waals surface area contributed by atoms with Crippen molar-refractivity contribution in [1.82, 2.24) is 0 Å². The average molecular weight is 452 g/mol. The van der Waals surface area contributed by atoms with Gasteiger partial charge in [-0.15, -0.1) is 0 Å². The lowest BCUT2D eigenvalue weighted by molar-refractivity contribution is -0.899. The van der Waals surface area contributed by atoms with Gasteiger partial charge in [0.2, 0.25) is 5.52 Å². The smallest absolute Gasteiger partial charge is 0.214 e. The maximum Gasteiger partial charge on any atom is 0.214 e. The second-order valence-corrected chi connectivity index (χ2v) is 10.6. The van der Waals surface area contributed by atoms with Gasteiger partial charge >= 0.3 is 0 Å². The number of rotatable bonds is 5. The first kappa shape index (κ1) is 20.9. The summed E-state index contributed by atoms with van der Waals surface area (Å²) in [4.78, 5) is 3.59. The molecule has 1 saturated heterocycles. The van der Waals surface area contributed by atoms with E-state index in [1.807, 2.05) is 17.8 Å². The third-order valence-corrected chi connectivity index (χ3v) is 8.21. The van der Waals surface area contributed by atoms with Crippen molar-refractivity contribution in [2.24, 2.45) is 0 Å². The van der Waals surface area contributed by atoms with Gasteiger partial charge in [0.1, 0.15) is 0 Å². The minimum absolute atomic E-state index is 0.796. The molecule has 160 valence electrons. The largest absolute Gasteiger partial charge is 0.338 e. The number of aryl methyl sites for hydroxylation is 1. The number of nitrogens with zero attached hydrogens (tertiary/aromatic N) is 3. The summed E-state index contributed by atoms with van der Waals surface area (Å²) in [6, 6.07) is 17.1. The summed E-state index contributed by atoms with van der Waals surface area (Å²) in [7, 11) is 4.56. The lowest BCUT2D eigenvalue weighted by atomic mass is 10.1. The first-order chi connectivity index (χ1) is 15.0. The molecule has 5 rings (SSSR count). The van der Waals surface area contributed by atoms with Crippen LogP contribution in [-0.2, 0) is 6.54 Å². The van der Waals surface area contributed by atoms with Gasteiger partial charge in [-0.2, -0.15) is 4.57 Å². The number of aromatic nitrogens is 1. The fourth-order valence-corrected chi connectivity index (χ4v) is 6.24. The van der Waals surface area contributed by atoms with E-state index in [1.165, 1.54) is 75.5 Å². The highest BCUT2D eigenvalue weighted by Gasteiger charge is 2.27. The van der Waals surface area contributed by atoms with Crippen LogP contribution in [0.15, 0.2) is 64.7 Å². The van der Waals surface area contributed by atoms with E-state index < -0.39 is 0 Å². The molecular weight excluding hydrogens is 422 g/mol. The standard InChI is InChI=1S/C26H30ClN3S/c1-28-23-8-3-4-9-25(23)31-26(28)18-20-12-14-29(24-19-21(27)10-11-22(20)24)13-7-17-30(2)15-5-6-16-30/h3-4,8-12,14,18-19H,5-7,13,15-17H2,1-2H3/q+2. The Morgan fingerprint density at radius 2 is 1.94 bits per heavy atom. The van der Waals surface area contributed by atoms with Gasteiger partial charge in [0, 0.05) is 41.9 Å². The molecule has 0 bridgehead atoms. The highest BCUT2D eigenvalue weighted by Crippen LogP contribution is 2.45. The number of para-hydroxylation sites is 1. The molecule has 2 aromatic carbocycles. The van der Waals surface area contributed by atoms with Crippen LogP contribution in [0.3, 0.4) is 0 Å². The van der Waals surface area contributed by atoms with Crippen molar-refractivity contribution in [1.29, 1.82) is 0 Å². The average Bonchev–Trinajstić information content (AvgIpc) is 3.33. The van der Waals surface area contributed by atoms with Gasteiger partial charge in [0.25, 0.3) is 0 Å². The Morgan fingerprint density at radius 1 is 1.13 bits per heavy atom. The van der Waals surface area contributed by atoms with Crippen LogP contribution >= 0.6 is 23.4 Å². The van der Waals surface area contributed by atoms with E-state index in [0.717, 1.165) is 11.6 Å². The number of hydrogen-bond donors (Lipinski definition) is 0. The molecule has 0 radical (unpaired) electrons. The lowest BCUT2D eigenvalue weighted by Gasteiger charge is -2.28. The molecule has 0 spiro atoms. The molecule has 2 aliphatic rings. The first-order valence-corrected chi connectivity index (χ1v) is 12.4. The number of anilines is 1. The van der Waals surface area contributed by atoms with Crippen LogP contribution in [0.2, 0.25) is 5.02 Å². The summed E-state index contributed by atoms with van der Waals surface area (Å²) in [5.41, 5.74) is 3.73. The molecule has 1 aromatic heterocycles. The molecule has 0 atom stereocenters. The molecular formula is C26H30ClN3S+2. The molecule has 5 heteroatoms. The molecule has 31 heavy (non-hydrogen) atoms. The molecule has 0 amide bonds. The van der Waals surface area contributed by atoms with Gasteiger partial charge in [-0.25, -0.2) is 0 Å². The maximum atomic E-state index is 6.41. The van der Waals surface area contributed by atoms with Crippen molar-refractivity contribution in [2.75, 3.05) is 38.6 Å². The molecule has 3 nitrogen and oxygen atoms in total. The number of quaternary nitrogens is 1. The minimum Gasteiger partial charge on any atom is -0.338 e. The molecule has 3 heterocycles. The van der Waals surface area contributed by atoms with Crippen molar-refractivity contribution in [3.63, 3.8) is 0 Å². The SMILES string of the molecule is CN1/C(=C\c2cc[n+](CCC[N+]3(C)CCCC3)c3cc(Cl)ccc23)Sc2ccccc21. The van der Waals surface area contributed by atoms with Crippen LogP contribution in [0.5, 0.6) is 0 Å². The van der Waals surface area contributed by atoms with E-state index in [1.54, 1.807) is 0 Å². The molecule has 1 fully saturated rings. The Morgan fingerprint density at radius 3 is 2.74 bits per heavy atom. The number of pyridine rings is 1. The number of thioether (sulfide) groups is 1. The van der Waals surface area contributed by atoms with E-state index in [2.05, 4.69) is 78.3 Å². The van der Waals surface area contributed by atoms with Crippen LogP contribution in [-0.4, -0.2) is 38.2 Å². The van der Waals surface area contributed by atoms with Crippen LogP contribution in [0.1, 0.15) is 24.8 Å². The quantitative estimate of drug-likeness (QED) is 0.349. The summed E-state index contributed by atoms with van der Waals surface area (Å²) >= 11 is 8.25. The molecule has 3 aromatic rings. The fraction of sp³-hybridized carbons (Fsp3) is 0.346. The second kappa shape index (κ2) is 8.50. The number of benzene rings is 2. The Labute approximate surface area is 194 Å². The zero-order chi connectivity index (χ0) is 21.4. The Bertz CT molecular complexity index is 1150. The zero-order valence-electron chi connectivity index (χ0n) is 18.4. The van der Waals surface area contributed by atoms with Gasteiger partial charge in [0.05, 0.1) is 49.2 Å². The second-order valence-electron chi connectivity index (χ2n) is 9.09. The van der Waals surface area contributed by atoms with E-state index >= 15 is 0 Å². The van der Waals surface area contributed by atoms with Gasteiger partial charge in [-0.05, 0) is 35.9 Å². The van der Waals surface area contributed by atoms with Crippen LogP contribution in [0, 0.1) is 0 Å². The van der Waals surface area contributed by atoms with Crippen LogP contribution in [0.4, 0.5) is 5.69 Å². The van der Waals surface area contributed by atoms with Gasteiger partial charge in [-0.1, -0.05) is 35.5 Å². The van der Waals surface area contributed by atoms with E-state index in [-0.39, 0.29) is 0 Å². The van der Waals surface area contributed by atoms with Crippen LogP contribution < -0.4 is 9.47 Å². The molecule has 0 unspecified atom stereocenters. The monoisotopic (exact) mass is 451 g/mol. The van der Waals surface area contributed by atoms with Gasteiger partial charge < -0.3 is 9.38 Å². The maximum absolute atomic E-state index is 6.41. The van der Waals surface area contributed by atoms with Crippen molar-refractivity contribution in [3.05, 3.63) is 70.3 Å². The van der Waals surface area contributed by atoms with Crippen molar-refractivity contribution < 1.29 is 9.05 Å². The summed E-state index contributed by atoms with van der Waals surface area (Å²) in [5, 5.41) is 3.30. The van der Waals surface area contributed by atoms with E-state index in [0.29, 0.717) is 0 Å². The molecule has 0 N–H and O–H groups in total. The summed E-state index contributed by atoms with van der Waals surface area (Å²) in [6.45, 7) is 4.94.